The van der Waals surface area contributed by atoms with Crippen LogP contribution in [0.5, 0.6) is 0 Å². The first kappa shape index (κ1) is 15.2. The Kier molecular flexibility index (Phi) is 4.73. The van der Waals surface area contributed by atoms with E-state index in [-0.39, 0.29) is 11.6 Å². The number of carbonyl (C=O) groups is 1. The van der Waals surface area contributed by atoms with Crippen LogP contribution in [-0.4, -0.2) is 5.78 Å². The van der Waals surface area contributed by atoms with Crippen LogP contribution in [0.4, 0.5) is 10.1 Å². The third-order valence-corrected chi connectivity index (χ3v) is 3.52. The summed E-state index contributed by atoms with van der Waals surface area (Å²) in [6.07, 6.45) is 0.515. The Hall–Kier alpha value is -2.16. The number of hydrogen-bond acceptors (Lipinski definition) is 2. The molecule has 0 spiro atoms. The zero-order chi connectivity index (χ0) is 15.4. The Morgan fingerprint density at radius 3 is 2.19 bits per heavy atom. The molecule has 0 saturated heterocycles. The average Bonchev–Trinajstić information content (AvgIpc) is 2.50. The third kappa shape index (κ3) is 3.69. The fraction of sp³-hybridized carbons (Fsp3) is 0.278. The van der Waals surface area contributed by atoms with E-state index in [0.29, 0.717) is 24.1 Å². The van der Waals surface area contributed by atoms with E-state index in [1.54, 1.807) is 13.8 Å². The highest BCUT2D eigenvalue weighted by Gasteiger charge is 2.05. The molecule has 0 aliphatic rings. The monoisotopic (exact) mass is 285 g/mol. The smallest absolute Gasteiger partial charge is 0.162 e. The minimum Gasteiger partial charge on any atom is -0.381 e. The molecule has 0 radical (unpaired) electrons. The van der Waals surface area contributed by atoms with Crippen molar-refractivity contribution in [2.45, 2.75) is 33.7 Å². The van der Waals surface area contributed by atoms with Gasteiger partial charge >= 0.3 is 0 Å². The second kappa shape index (κ2) is 6.53. The largest absolute Gasteiger partial charge is 0.381 e. The van der Waals surface area contributed by atoms with Crippen molar-refractivity contribution in [1.29, 1.82) is 0 Å². The predicted octanol–water partition coefficient (Wildman–Crippen LogP) is 4.65. The summed E-state index contributed by atoms with van der Waals surface area (Å²) in [7, 11) is 0. The highest BCUT2D eigenvalue weighted by molar-refractivity contribution is 5.96. The van der Waals surface area contributed by atoms with E-state index in [0.717, 1.165) is 16.8 Å². The molecule has 2 aromatic carbocycles. The van der Waals surface area contributed by atoms with Gasteiger partial charge in [0.1, 0.15) is 5.82 Å². The van der Waals surface area contributed by atoms with Gasteiger partial charge in [-0.2, -0.15) is 0 Å². The van der Waals surface area contributed by atoms with E-state index < -0.39 is 0 Å². The lowest BCUT2D eigenvalue weighted by Gasteiger charge is -2.10. The number of carbonyl (C=O) groups excluding carboxylic acids is 1. The molecular weight excluding hydrogens is 265 g/mol. The number of ketones is 1. The van der Waals surface area contributed by atoms with Crippen molar-refractivity contribution in [2.75, 3.05) is 5.32 Å². The minimum atomic E-state index is -0.138. The highest BCUT2D eigenvalue weighted by Crippen LogP contribution is 2.17. The molecule has 0 atom stereocenters. The number of benzene rings is 2. The van der Waals surface area contributed by atoms with Crippen LogP contribution in [-0.2, 0) is 6.54 Å². The van der Waals surface area contributed by atoms with Crippen molar-refractivity contribution < 1.29 is 9.18 Å². The van der Waals surface area contributed by atoms with Crippen molar-refractivity contribution in [1.82, 2.24) is 0 Å². The molecule has 0 bridgehead atoms. The molecule has 0 aliphatic heterocycles. The first-order valence-corrected chi connectivity index (χ1v) is 7.14. The Bertz CT molecular complexity index is 624. The highest BCUT2D eigenvalue weighted by atomic mass is 19.1. The Balaban J connectivity index is 2.05. The van der Waals surface area contributed by atoms with Gasteiger partial charge in [0.2, 0.25) is 0 Å². The quantitative estimate of drug-likeness (QED) is 0.810. The molecule has 2 aromatic rings. The number of rotatable bonds is 5. The first-order chi connectivity index (χ1) is 10.0. The maximum Gasteiger partial charge on any atom is 0.162 e. The van der Waals surface area contributed by atoms with E-state index >= 15 is 0 Å². The molecule has 0 aromatic heterocycles. The summed E-state index contributed by atoms with van der Waals surface area (Å²) in [5.74, 6) is 0.00696. The lowest BCUT2D eigenvalue weighted by atomic mass is 10.1. The third-order valence-electron chi connectivity index (χ3n) is 3.52. The molecule has 1 N–H and O–H groups in total. The summed E-state index contributed by atoms with van der Waals surface area (Å²) in [4.78, 5) is 11.6. The van der Waals surface area contributed by atoms with Gasteiger partial charge in [-0.1, -0.05) is 19.1 Å². The summed E-state index contributed by atoms with van der Waals surface area (Å²) in [5.41, 5.74) is 4.05. The molecule has 0 heterocycles. The normalized spacial score (nSPS) is 10.5. The zero-order valence-corrected chi connectivity index (χ0v) is 12.7. The second-order valence-corrected chi connectivity index (χ2v) is 5.25. The lowest BCUT2D eigenvalue weighted by molar-refractivity contribution is 0.0988. The standard InChI is InChI=1S/C18H20FNO/c1-4-17(21)15-5-7-16(8-6-15)20-11-14-9-12(2)18(19)13(3)10-14/h5-10,20H,4,11H2,1-3H3. The molecular formula is C18H20FNO. The maximum atomic E-state index is 13.6. The molecule has 2 nitrogen and oxygen atoms in total. The van der Waals surface area contributed by atoms with Crippen LogP contribution in [0.2, 0.25) is 0 Å². The van der Waals surface area contributed by atoms with Crippen molar-refractivity contribution in [2.24, 2.45) is 0 Å². The number of anilines is 1. The molecule has 0 saturated carbocycles. The van der Waals surface area contributed by atoms with Gasteiger partial charge in [-0.25, -0.2) is 4.39 Å². The number of halogens is 1. The summed E-state index contributed by atoms with van der Waals surface area (Å²) in [5, 5.41) is 3.29. The van der Waals surface area contributed by atoms with Gasteiger partial charge in [-0.05, 0) is 54.8 Å². The fourth-order valence-corrected chi connectivity index (χ4v) is 2.32. The van der Waals surface area contributed by atoms with Crippen LogP contribution in [0.25, 0.3) is 0 Å². The van der Waals surface area contributed by atoms with Crippen LogP contribution in [0.15, 0.2) is 36.4 Å². The van der Waals surface area contributed by atoms with E-state index in [4.69, 9.17) is 0 Å². The number of Topliss-reactive ketones (excluding diaryl/α,β-unsaturated/α-hetero) is 1. The zero-order valence-electron chi connectivity index (χ0n) is 12.7. The lowest BCUT2D eigenvalue weighted by Crippen LogP contribution is -2.02. The second-order valence-electron chi connectivity index (χ2n) is 5.25. The topological polar surface area (TPSA) is 29.1 Å². The molecule has 21 heavy (non-hydrogen) atoms. The van der Waals surface area contributed by atoms with Crippen molar-refractivity contribution in [3.8, 4) is 0 Å². The van der Waals surface area contributed by atoms with Crippen LogP contribution in [0.1, 0.15) is 40.4 Å². The van der Waals surface area contributed by atoms with Crippen LogP contribution in [0.3, 0.4) is 0 Å². The first-order valence-electron chi connectivity index (χ1n) is 7.14. The van der Waals surface area contributed by atoms with Gasteiger partial charge in [0.25, 0.3) is 0 Å². The summed E-state index contributed by atoms with van der Waals surface area (Å²) in [6.45, 7) is 6.03. The fourth-order valence-electron chi connectivity index (χ4n) is 2.32. The van der Waals surface area contributed by atoms with Crippen LogP contribution < -0.4 is 5.32 Å². The van der Waals surface area contributed by atoms with Crippen LogP contribution >= 0.6 is 0 Å². The maximum absolute atomic E-state index is 13.6. The molecule has 3 heteroatoms. The molecule has 110 valence electrons. The van der Waals surface area contributed by atoms with E-state index in [9.17, 15) is 9.18 Å². The van der Waals surface area contributed by atoms with Crippen molar-refractivity contribution in [3.63, 3.8) is 0 Å². The Morgan fingerprint density at radius 2 is 1.67 bits per heavy atom. The number of nitrogens with one attached hydrogen (secondary N) is 1. The SMILES string of the molecule is CCC(=O)c1ccc(NCc2cc(C)c(F)c(C)c2)cc1. The van der Waals surface area contributed by atoms with Gasteiger partial charge in [-0.3, -0.25) is 4.79 Å². The molecule has 0 fully saturated rings. The Morgan fingerprint density at radius 1 is 1.10 bits per heavy atom. The number of aryl methyl sites for hydroxylation is 2. The molecule has 0 aliphatic carbocycles. The van der Waals surface area contributed by atoms with Crippen molar-refractivity contribution in [3.05, 3.63) is 64.5 Å². The average molecular weight is 285 g/mol. The van der Waals surface area contributed by atoms with E-state index in [1.807, 2.05) is 43.3 Å². The summed E-state index contributed by atoms with van der Waals surface area (Å²) in [6, 6.07) is 11.2. The van der Waals surface area contributed by atoms with Gasteiger partial charge in [-0.15, -0.1) is 0 Å². The van der Waals surface area contributed by atoms with Gasteiger partial charge in [0.15, 0.2) is 5.78 Å². The molecule has 0 unspecified atom stereocenters. The predicted molar refractivity (Wildman–Crippen MR) is 84.3 cm³/mol. The van der Waals surface area contributed by atoms with Gasteiger partial charge in [0, 0.05) is 24.2 Å². The Labute approximate surface area is 125 Å². The summed E-state index contributed by atoms with van der Waals surface area (Å²) < 4.78 is 13.6. The van der Waals surface area contributed by atoms with E-state index in [2.05, 4.69) is 5.32 Å². The van der Waals surface area contributed by atoms with Crippen LogP contribution in [0, 0.1) is 19.7 Å². The summed E-state index contributed by atoms with van der Waals surface area (Å²) >= 11 is 0. The molecule has 2 rings (SSSR count). The van der Waals surface area contributed by atoms with E-state index in [1.165, 1.54) is 0 Å². The number of hydrogen-bond donors (Lipinski definition) is 1. The minimum absolute atomic E-state index is 0.138. The van der Waals surface area contributed by atoms with Crippen molar-refractivity contribution >= 4 is 11.5 Å². The van der Waals surface area contributed by atoms with Gasteiger partial charge in [0.05, 0.1) is 0 Å². The van der Waals surface area contributed by atoms with Gasteiger partial charge < -0.3 is 5.32 Å². The molecule has 0 amide bonds.